The Balaban J connectivity index is 1.94. The summed E-state index contributed by atoms with van der Waals surface area (Å²) in [7, 11) is 0. The van der Waals surface area contributed by atoms with Crippen LogP contribution in [0, 0.1) is 5.82 Å². The van der Waals surface area contributed by atoms with Crippen molar-refractivity contribution in [3.05, 3.63) is 66.0 Å². The minimum absolute atomic E-state index is 0.0717. The van der Waals surface area contributed by atoms with E-state index in [1.54, 1.807) is 0 Å². The molecule has 0 fully saturated rings. The molecule has 0 atom stereocenters. The fraction of sp³-hybridized carbons (Fsp3) is 0.133. The maximum atomic E-state index is 13.4. The molecule has 0 radical (unpaired) electrons. The molecule has 2 heterocycles. The Hall–Kier alpha value is -2.05. The predicted molar refractivity (Wildman–Crippen MR) is 74.7 cm³/mol. The summed E-state index contributed by atoms with van der Waals surface area (Å²) in [4.78, 5) is 4.97. The van der Waals surface area contributed by atoms with Crippen LogP contribution in [-0.4, -0.2) is 10.1 Å². The van der Waals surface area contributed by atoms with Crippen LogP contribution in [-0.2, 0) is 16.1 Å². The Bertz CT molecular complexity index is 670. The van der Waals surface area contributed by atoms with Gasteiger partial charge in [-0.3, -0.25) is 0 Å². The topological polar surface area (TPSA) is 51.6 Å². The molecule has 108 valence electrons. The van der Waals surface area contributed by atoms with Gasteiger partial charge in [0.1, 0.15) is 23.4 Å². The third kappa shape index (κ3) is 3.01. The molecule has 21 heavy (non-hydrogen) atoms. The number of aliphatic hydroxyl groups is 1. The van der Waals surface area contributed by atoms with Gasteiger partial charge >= 0.3 is 0 Å². The van der Waals surface area contributed by atoms with Crippen LogP contribution >= 0.6 is 11.8 Å². The van der Waals surface area contributed by atoms with Crippen LogP contribution < -0.4 is 0 Å². The first kappa shape index (κ1) is 13.9. The van der Waals surface area contributed by atoms with Crippen LogP contribution in [0.25, 0.3) is 0 Å². The molecule has 1 aliphatic heterocycles. The Morgan fingerprint density at radius 1 is 1.24 bits per heavy atom. The zero-order valence-corrected chi connectivity index (χ0v) is 11.7. The van der Waals surface area contributed by atoms with Crippen molar-refractivity contribution in [3.8, 4) is 0 Å². The van der Waals surface area contributed by atoms with Crippen molar-refractivity contribution in [2.45, 2.75) is 22.8 Å². The van der Waals surface area contributed by atoms with Crippen LogP contribution in [0.3, 0.4) is 0 Å². The maximum Gasteiger partial charge on any atom is 0.269 e. The second kappa shape index (κ2) is 6.15. The van der Waals surface area contributed by atoms with E-state index in [-0.39, 0.29) is 6.61 Å². The highest BCUT2D eigenvalue weighted by Gasteiger charge is 2.22. The first-order valence-electron chi connectivity index (χ1n) is 6.26. The van der Waals surface area contributed by atoms with Gasteiger partial charge in [-0.05, 0) is 17.7 Å². The third-order valence-electron chi connectivity index (χ3n) is 2.91. The van der Waals surface area contributed by atoms with E-state index in [0.717, 1.165) is 16.7 Å². The van der Waals surface area contributed by atoms with E-state index in [1.165, 1.54) is 30.4 Å². The fourth-order valence-electron chi connectivity index (χ4n) is 1.92. The monoisotopic (exact) mass is 305 g/mol. The molecule has 0 saturated heterocycles. The molecule has 1 aliphatic rings. The average Bonchev–Trinajstić information content (AvgIpc) is 3.04. The Morgan fingerprint density at radius 2 is 2.00 bits per heavy atom. The van der Waals surface area contributed by atoms with Gasteiger partial charge in [-0.1, -0.05) is 30.0 Å². The van der Waals surface area contributed by atoms with Crippen molar-refractivity contribution in [2.75, 3.05) is 0 Å². The zero-order chi connectivity index (χ0) is 14.7. The van der Waals surface area contributed by atoms with Gasteiger partial charge in [0.25, 0.3) is 6.29 Å². The number of nitrogens with zero attached hydrogens (tertiary/aromatic N) is 1. The molecule has 0 amide bonds. The van der Waals surface area contributed by atoms with Crippen LogP contribution in [0.1, 0.15) is 17.4 Å². The highest BCUT2D eigenvalue weighted by molar-refractivity contribution is 7.99. The molecule has 2 aromatic rings. The molecule has 1 aromatic carbocycles. The fourth-order valence-corrected chi connectivity index (χ4v) is 2.92. The standard InChI is InChI=1S/C15H12FNO3S/c16-11-7-12(15-19-5-6-20-15)14(17-8-11)21-13-4-2-1-3-10(13)9-18/h1-8,15,18H,9H2. The van der Waals surface area contributed by atoms with Crippen LogP contribution in [0.5, 0.6) is 0 Å². The Kier molecular flexibility index (Phi) is 4.08. The van der Waals surface area contributed by atoms with Gasteiger partial charge in [0.15, 0.2) is 0 Å². The van der Waals surface area contributed by atoms with E-state index in [1.807, 2.05) is 24.3 Å². The summed E-state index contributed by atoms with van der Waals surface area (Å²) in [5, 5.41) is 9.94. The summed E-state index contributed by atoms with van der Waals surface area (Å²) in [5.41, 5.74) is 1.30. The molecule has 0 spiro atoms. The molecule has 1 aromatic heterocycles. The van der Waals surface area contributed by atoms with Crippen molar-refractivity contribution in [2.24, 2.45) is 0 Å². The molecule has 6 heteroatoms. The SMILES string of the molecule is OCc1ccccc1Sc1ncc(F)cc1C1OC=CO1. The largest absolute Gasteiger partial charge is 0.455 e. The number of ether oxygens (including phenoxy) is 2. The van der Waals surface area contributed by atoms with E-state index in [2.05, 4.69) is 4.98 Å². The van der Waals surface area contributed by atoms with Crippen molar-refractivity contribution >= 4 is 11.8 Å². The Labute approximate surface area is 125 Å². The van der Waals surface area contributed by atoms with Gasteiger partial charge in [-0.15, -0.1) is 0 Å². The highest BCUT2D eigenvalue weighted by atomic mass is 32.2. The summed E-state index contributed by atoms with van der Waals surface area (Å²) in [5.74, 6) is -0.455. The highest BCUT2D eigenvalue weighted by Crippen LogP contribution is 2.36. The molecular formula is C15H12FNO3S. The van der Waals surface area contributed by atoms with Crippen LogP contribution in [0.2, 0.25) is 0 Å². The van der Waals surface area contributed by atoms with E-state index < -0.39 is 12.1 Å². The molecule has 0 bridgehead atoms. The number of hydrogen-bond acceptors (Lipinski definition) is 5. The van der Waals surface area contributed by atoms with E-state index in [0.29, 0.717) is 10.6 Å². The molecule has 3 rings (SSSR count). The number of benzene rings is 1. The summed E-state index contributed by atoms with van der Waals surface area (Å²) >= 11 is 1.34. The number of aliphatic hydroxyl groups excluding tert-OH is 1. The van der Waals surface area contributed by atoms with Crippen molar-refractivity contribution in [3.63, 3.8) is 0 Å². The number of hydrogen-bond donors (Lipinski definition) is 1. The van der Waals surface area contributed by atoms with E-state index >= 15 is 0 Å². The molecule has 1 N–H and O–H groups in total. The lowest BCUT2D eigenvalue weighted by Gasteiger charge is -2.15. The van der Waals surface area contributed by atoms with Gasteiger partial charge < -0.3 is 14.6 Å². The molecular weight excluding hydrogens is 293 g/mol. The summed E-state index contributed by atoms with van der Waals surface area (Å²) < 4.78 is 24.0. The third-order valence-corrected chi connectivity index (χ3v) is 4.06. The minimum atomic E-state index is -0.697. The summed E-state index contributed by atoms with van der Waals surface area (Å²) in [6.07, 6.45) is 3.27. The summed E-state index contributed by atoms with van der Waals surface area (Å²) in [6, 6.07) is 8.76. The number of rotatable bonds is 4. The van der Waals surface area contributed by atoms with Crippen LogP contribution in [0.4, 0.5) is 4.39 Å². The molecule has 0 aliphatic carbocycles. The zero-order valence-electron chi connectivity index (χ0n) is 10.9. The predicted octanol–water partition coefficient (Wildman–Crippen LogP) is 3.38. The normalized spacial score (nSPS) is 14.0. The Morgan fingerprint density at radius 3 is 2.76 bits per heavy atom. The lowest BCUT2D eigenvalue weighted by molar-refractivity contribution is -0.0273. The second-order valence-electron chi connectivity index (χ2n) is 4.29. The smallest absolute Gasteiger partial charge is 0.269 e. The van der Waals surface area contributed by atoms with Gasteiger partial charge in [-0.25, -0.2) is 9.37 Å². The maximum absolute atomic E-state index is 13.4. The van der Waals surface area contributed by atoms with Gasteiger partial charge in [0.05, 0.1) is 18.4 Å². The molecule has 4 nitrogen and oxygen atoms in total. The number of aromatic nitrogens is 1. The number of halogens is 1. The van der Waals surface area contributed by atoms with Crippen molar-refractivity contribution in [1.82, 2.24) is 4.98 Å². The first-order chi connectivity index (χ1) is 10.3. The first-order valence-corrected chi connectivity index (χ1v) is 7.07. The van der Waals surface area contributed by atoms with E-state index in [4.69, 9.17) is 9.47 Å². The van der Waals surface area contributed by atoms with E-state index in [9.17, 15) is 9.50 Å². The average molecular weight is 305 g/mol. The second-order valence-corrected chi connectivity index (χ2v) is 5.32. The number of pyridine rings is 1. The minimum Gasteiger partial charge on any atom is -0.455 e. The van der Waals surface area contributed by atoms with Gasteiger partial charge in [0, 0.05) is 4.90 Å². The van der Waals surface area contributed by atoms with Crippen molar-refractivity contribution in [1.29, 1.82) is 0 Å². The molecule has 0 unspecified atom stereocenters. The lowest BCUT2D eigenvalue weighted by atomic mass is 10.2. The van der Waals surface area contributed by atoms with Crippen LogP contribution in [0.15, 0.2) is 59.0 Å². The van der Waals surface area contributed by atoms with Gasteiger partial charge in [0.2, 0.25) is 0 Å². The van der Waals surface area contributed by atoms with Gasteiger partial charge in [-0.2, -0.15) is 0 Å². The summed E-state index contributed by atoms with van der Waals surface area (Å²) in [6.45, 7) is -0.0717. The lowest BCUT2D eigenvalue weighted by Crippen LogP contribution is -2.03. The molecule has 0 saturated carbocycles. The van der Waals surface area contributed by atoms with Crippen molar-refractivity contribution < 1.29 is 19.0 Å². The quantitative estimate of drug-likeness (QED) is 0.938.